The maximum atomic E-state index is 13.0. The zero-order chi connectivity index (χ0) is 23.3. The number of alkyl halides is 3. The van der Waals surface area contributed by atoms with Crippen LogP contribution < -0.4 is 0 Å². The second-order valence-electron chi connectivity index (χ2n) is 8.42. The third kappa shape index (κ3) is 6.20. The summed E-state index contributed by atoms with van der Waals surface area (Å²) >= 11 is 0. The number of aryl methyl sites for hydroxylation is 1. The Hall–Kier alpha value is -2.72. The first kappa shape index (κ1) is 23.4. The smallest absolute Gasteiger partial charge is 0.337 e. The molecule has 1 unspecified atom stereocenters. The molecular formula is C23H29F3N6O. The van der Waals surface area contributed by atoms with Crippen LogP contribution in [0.25, 0.3) is 11.4 Å². The predicted molar refractivity (Wildman–Crippen MR) is 117 cm³/mol. The van der Waals surface area contributed by atoms with Gasteiger partial charge in [-0.25, -0.2) is 0 Å². The second kappa shape index (κ2) is 10.5. The zero-order valence-corrected chi connectivity index (χ0v) is 18.7. The Bertz CT molecular complexity index is 996. The van der Waals surface area contributed by atoms with Crippen molar-refractivity contribution in [2.75, 3.05) is 32.7 Å². The lowest BCUT2D eigenvalue weighted by atomic mass is 10.1. The van der Waals surface area contributed by atoms with Crippen LogP contribution in [0, 0.1) is 0 Å². The summed E-state index contributed by atoms with van der Waals surface area (Å²) in [6.07, 6.45) is 2.87. The molecule has 10 heteroatoms. The van der Waals surface area contributed by atoms with Gasteiger partial charge in [0.25, 0.3) is 0 Å². The van der Waals surface area contributed by atoms with Crippen molar-refractivity contribution in [2.24, 2.45) is 0 Å². The zero-order valence-electron chi connectivity index (χ0n) is 18.7. The van der Waals surface area contributed by atoms with Gasteiger partial charge in [-0.2, -0.15) is 23.3 Å². The largest absolute Gasteiger partial charge is 0.416 e. The first-order chi connectivity index (χ1) is 15.9. The van der Waals surface area contributed by atoms with Gasteiger partial charge in [-0.3, -0.25) is 9.58 Å². The molecule has 0 saturated carbocycles. The van der Waals surface area contributed by atoms with E-state index < -0.39 is 11.7 Å². The van der Waals surface area contributed by atoms with Crippen molar-refractivity contribution >= 4 is 0 Å². The van der Waals surface area contributed by atoms with E-state index in [9.17, 15) is 13.2 Å². The van der Waals surface area contributed by atoms with Gasteiger partial charge in [0, 0.05) is 50.7 Å². The van der Waals surface area contributed by atoms with Crippen LogP contribution in [0.5, 0.6) is 0 Å². The van der Waals surface area contributed by atoms with Crippen LogP contribution in [0.2, 0.25) is 0 Å². The van der Waals surface area contributed by atoms with Gasteiger partial charge in [-0.1, -0.05) is 23.7 Å². The number of hydrogen-bond acceptors (Lipinski definition) is 6. The number of aromatic nitrogens is 4. The molecule has 2 aromatic heterocycles. The first-order valence-corrected chi connectivity index (χ1v) is 11.4. The summed E-state index contributed by atoms with van der Waals surface area (Å²) < 4.78 is 46.3. The molecule has 1 fully saturated rings. The molecule has 33 heavy (non-hydrogen) atoms. The molecule has 4 rings (SSSR count). The number of unbranched alkanes of at least 4 members (excludes halogenated alkanes) is 2. The predicted octanol–water partition coefficient (Wildman–Crippen LogP) is 4.50. The molecule has 0 spiro atoms. The molecule has 178 valence electrons. The van der Waals surface area contributed by atoms with E-state index in [4.69, 9.17) is 4.52 Å². The van der Waals surface area contributed by atoms with Crippen LogP contribution in [0.1, 0.15) is 43.7 Å². The molecule has 7 nitrogen and oxygen atoms in total. The summed E-state index contributed by atoms with van der Waals surface area (Å²) in [5.41, 5.74) is -0.429. The summed E-state index contributed by atoms with van der Waals surface area (Å²) in [6.45, 7) is 7.75. The molecule has 0 aliphatic carbocycles. The van der Waals surface area contributed by atoms with Gasteiger partial charge in [0.05, 0.1) is 11.6 Å². The minimum atomic E-state index is -4.41. The molecule has 1 aromatic carbocycles. The van der Waals surface area contributed by atoms with E-state index in [1.807, 2.05) is 23.9 Å². The molecule has 0 amide bonds. The molecule has 3 aromatic rings. The summed E-state index contributed by atoms with van der Waals surface area (Å²) in [5, 5.41) is 8.14. The fourth-order valence-electron chi connectivity index (χ4n) is 4.11. The Morgan fingerprint density at radius 3 is 2.55 bits per heavy atom. The topological polar surface area (TPSA) is 63.2 Å². The van der Waals surface area contributed by atoms with Crippen LogP contribution in [0.3, 0.4) is 0 Å². The highest BCUT2D eigenvalue weighted by atomic mass is 19.4. The minimum Gasteiger partial charge on any atom is -0.337 e. The van der Waals surface area contributed by atoms with E-state index in [1.165, 1.54) is 18.9 Å². The normalized spacial score (nSPS) is 16.8. The molecule has 1 aliphatic heterocycles. The van der Waals surface area contributed by atoms with Crippen molar-refractivity contribution in [3.63, 3.8) is 0 Å². The van der Waals surface area contributed by atoms with E-state index in [-0.39, 0.29) is 11.9 Å². The quantitative estimate of drug-likeness (QED) is 0.437. The minimum absolute atomic E-state index is 0.0896. The van der Waals surface area contributed by atoms with Gasteiger partial charge in [-0.05, 0) is 44.5 Å². The third-order valence-corrected chi connectivity index (χ3v) is 6.12. The molecule has 3 heterocycles. The molecule has 0 N–H and O–H groups in total. The Kier molecular flexibility index (Phi) is 7.44. The SMILES string of the molecule is CC(c1nc(-c2cccc(C(F)(F)F)c2)no1)N1CCN(CCCCCn2cccn2)CC1. The van der Waals surface area contributed by atoms with E-state index in [1.54, 1.807) is 12.3 Å². The maximum Gasteiger partial charge on any atom is 0.416 e. The van der Waals surface area contributed by atoms with E-state index >= 15 is 0 Å². The van der Waals surface area contributed by atoms with Gasteiger partial charge in [0.1, 0.15) is 0 Å². The molecular weight excluding hydrogens is 433 g/mol. The average Bonchev–Trinajstić information content (AvgIpc) is 3.51. The highest BCUT2D eigenvalue weighted by molar-refractivity contribution is 5.55. The van der Waals surface area contributed by atoms with Gasteiger partial charge >= 0.3 is 6.18 Å². The Morgan fingerprint density at radius 2 is 1.82 bits per heavy atom. The fourth-order valence-corrected chi connectivity index (χ4v) is 4.11. The lowest BCUT2D eigenvalue weighted by molar-refractivity contribution is -0.137. The van der Waals surface area contributed by atoms with Crippen LogP contribution >= 0.6 is 0 Å². The summed E-state index contributed by atoms with van der Waals surface area (Å²) in [5.74, 6) is 0.603. The lowest BCUT2D eigenvalue weighted by Crippen LogP contribution is -2.47. The third-order valence-electron chi connectivity index (χ3n) is 6.12. The van der Waals surface area contributed by atoms with Gasteiger partial charge in [0.2, 0.25) is 11.7 Å². The number of piperazine rings is 1. The standard InChI is InChI=1S/C23H29F3N6O/c1-18(22-28-21(29-33-22)19-7-5-8-20(17-19)23(24,25)26)31-15-13-30(14-16-31)10-3-2-4-11-32-12-6-9-27-32/h5-9,12,17-18H,2-4,10-11,13-16H2,1H3. The molecule has 1 saturated heterocycles. The van der Waals surface area contributed by atoms with Crippen molar-refractivity contribution < 1.29 is 17.7 Å². The van der Waals surface area contributed by atoms with Crippen LogP contribution in [0.15, 0.2) is 47.2 Å². The van der Waals surface area contributed by atoms with Crippen LogP contribution in [0.4, 0.5) is 13.2 Å². The summed E-state index contributed by atoms with van der Waals surface area (Å²) in [7, 11) is 0. The van der Waals surface area contributed by atoms with Gasteiger partial charge < -0.3 is 9.42 Å². The monoisotopic (exact) mass is 462 g/mol. The van der Waals surface area contributed by atoms with E-state index in [2.05, 4.69) is 25.0 Å². The maximum absolute atomic E-state index is 13.0. The Balaban J connectivity index is 1.23. The van der Waals surface area contributed by atoms with Crippen LogP contribution in [-0.4, -0.2) is 62.4 Å². The Labute approximate surface area is 191 Å². The molecule has 0 bridgehead atoms. The van der Waals surface area contributed by atoms with Crippen molar-refractivity contribution in [3.05, 3.63) is 54.2 Å². The first-order valence-electron chi connectivity index (χ1n) is 11.4. The van der Waals surface area contributed by atoms with Crippen molar-refractivity contribution in [3.8, 4) is 11.4 Å². The summed E-state index contributed by atoms with van der Waals surface area (Å²) in [6, 6.07) is 6.85. The van der Waals surface area contributed by atoms with Crippen molar-refractivity contribution in [1.29, 1.82) is 0 Å². The number of halogens is 3. The van der Waals surface area contributed by atoms with Crippen LogP contribution in [-0.2, 0) is 12.7 Å². The average molecular weight is 463 g/mol. The highest BCUT2D eigenvalue weighted by Gasteiger charge is 2.31. The van der Waals surface area contributed by atoms with E-state index in [0.717, 1.165) is 57.8 Å². The van der Waals surface area contributed by atoms with E-state index in [0.29, 0.717) is 11.5 Å². The molecule has 1 aliphatic rings. The lowest BCUT2D eigenvalue weighted by Gasteiger charge is -2.36. The van der Waals surface area contributed by atoms with Gasteiger partial charge in [0.15, 0.2) is 0 Å². The molecule has 1 atom stereocenters. The van der Waals surface area contributed by atoms with Gasteiger partial charge in [-0.15, -0.1) is 0 Å². The van der Waals surface area contributed by atoms with Crippen molar-refractivity contribution in [1.82, 2.24) is 29.7 Å². The number of hydrogen-bond donors (Lipinski definition) is 0. The highest BCUT2D eigenvalue weighted by Crippen LogP contribution is 2.32. The number of nitrogens with zero attached hydrogens (tertiary/aromatic N) is 6. The molecule has 0 radical (unpaired) electrons. The number of rotatable bonds is 9. The Morgan fingerprint density at radius 1 is 1.03 bits per heavy atom. The fraction of sp³-hybridized carbons (Fsp3) is 0.522. The second-order valence-corrected chi connectivity index (χ2v) is 8.42. The van der Waals surface area contributed by atoms with Crippen molar-refractivity contribution in [2.45, 2.75) is 44.9 Å². The number of benzene rings is 1. The summed E-state index contributed by atoms with van der Waals surface area (Å²) in [4.78, 5) is 9.13.